The van der Waals surface area contributed by atoms with Crippen molar-refractivity contribution < 1.29 is 14.7 Å². The maximum absolute atomic E-state index is 12.4. The average Bonchev–Trinajstić information content (AvgIpc) is 2.83. The van der Waals surface area contributed by atoms with E-state index in [0.29, 0.717) is 25.9 Å². The van der Waals surface area contributed by atoms with E-state index in [4.69, 9.17) is 0 Å². The second-order valence-corrected chi connectivity index (χ2v) is 6.04. The molecule has 2 atom stereocenters. The van der Waals surface area contributed by atoms with Crippen molar-refractivity contribution in [2.45, 2.75) is 58.9 Å². The van der Waals surface area contributed by atoms with E-state index in [1.54, 1.807) is 9.80 Å². The van der Waals surface area contributed by atoms with Crippen molar-refractivity contribution in [1.82, 2.24) is 9.80 Å². The maximum Gasteiger partial charge on any atom is 0.320 e. The van der Waals surface area contributed by atoms with Gasteiger partial charge in [0, 0.05) is 26.2 Å². The van der Waals surface area contributed by atoms with Crippen LogP contribution in [0, 0.1) is 5.41 Å². The smallest absolute Gasteiger partial charge is 0.320 e. The molecule has 0 saturated carbocycles. The van der Waals surface area contributed by atoms with Crippen LogP contribution < -0.4 is 0 Å². The van der Waals surface area contributed by atoms with Gasteiger partial charge in [0.05, 0.1) is 5.41 Å². The molecular weight excluding hydrogens is 256 g/mol. The van der Waals surface area contributed by atoms with E-state index in [0.717, 1.165) is 19.3 Å². The van der Waals surface area contributed by atoms with Gasteiger partial charge >= 0.3 is 12.0 Å². The first kappa shape index (κ1) is 16.8. The topological polar surface area (TPSA) is 60.9 Å². The number of hydrogen-bond donors (Lipinski definition) is 1. The molecule has 1 heterocycles. The van der Waals surface area contributed by atoms with Gasteiger partial charge in [-0.25, -0.2) is 4.79 Å². The van der Waals surface area contributed by atoms with Crippen LogP contribution in [-0.4, -0.2) is 53.1 Å². The first-order valence-corrected chi connectivity index (χ1v) is 7.63. The Kier molecular flexibility index (Phi) is 5.84. The number of aliphatic carboxylic acids is 1. The lowest BCUT2D eigenvalue weighted by Crippen LogP contribution is -2.45. The van der Waals surface area contributed by atoms with Crippen LogP contribution >= 0.6 is 0 Å². The van der Waals surface area contributed by atoms with Crippen LogP contribution in [0.2, 0.25) is 0 Å². The molecule has 2 unspecified atom stereocenters. The Bertz CT molecular complexity index is 359. The summed E-state index contributed by atoms with van der Waals surface area (Å²) in [5, 5.41) is 9.47. The van der Waals surface area contributed by atoms with Crippen molar-refractivity contribution in [3.05, 3.63) is 0 Å². The van der Waals surface area contributed by atoms with Gasteiger partial charge in [-0.05, 0) is 26.2 Å². The number of urea groups is 1. The third kappa shape index (κ3) is 3.44. The Balaban J connectivity index is 2.71. The molecule has 0 spiro atoms. The van der Waals surface area contributed by atoms with E-state index < -0.39 is 11.4 Å². The molecular formula is C15H28N2O3. The zero-order chi connectivity index (χ0) is 15.3. The van der Waals surface area contributed by atoms with Gasteiger partial charge in [0.2, 0.25) is 0 Å². The van der Waals surface area contributed by atoms with E-state index in [-0.39, 0.29) is 12.1 Å². The third-order valence-electron chi connectivity index (χ3n) is 4.48. The largest absolute Gasteiger partial charge is 0.481 e. The number of hydrogen-bond acceptors (Lipinski definition) is 2. The van der Waals surface area contributed by atoms with E-state index in [1.807, 2.05) is 20.9 Å². The first-order chi connectivity index (χ1) is 9.38. The number of nitrogens with zero attached hydrogens (tertiary/aromatic N) is 2. The van der Waals surface area contributed by atoms with Gasteiger partial charge in [0.1, 0.15) is 0 Å². The lowest BCUT2D eigenvalue weighted by molar-refractivity contribution is -0.148. The minimum absolute atomic E-state index is 0.0369. The van der Waals surface area contributed by atoms with Crippen LogP contribution in [-0.2, 0) is 4.79 Å². The fourth-order valence-electron chi connectivity index (χ4n) is 3.02. The Morgan fingerprint density at radius 3 is 2.50 bits per heavy atom. The Labute approximate surface area is 121 Å². The summed E-state index contributed by atoms with van der Waals surface area (Å²) in [5.41, 5.74) is -0.737. The van der Waals surface area contributed by atoms with Gasteiger partial charge in [0.25, 0.3) is 0 Å². The fourth-order valence-corrected chi connectivity index (χ4v) is 3.02. The van der Waals surface area contributed by atoms with Crippen LogP contribution in [0.1, 0.15) is 52.9 Å². The zero-order valence-electron chi connectivity index (χ0n) is 13.2. The molecule has 5 heteroatoms. The minimum Gasteiger partial charge on any atom is -0.481 e. The third-order valence-corrected chi connectivity index (χ3v) is 4.48. The lowest BCUT2D eigenvalue weighted by Gasteiger charge is -2.30. The molecule has 0 aromatic carbocycles. The molecule has 20 heavy (non-hydrogen) atoms. The Hall–Kier alpha value is -1.26. The Morgan fingerprint density at radius 1 is 1.35 bits per heavy atom. The summed E-state index contributed by atoms with van der Waals surface area (Å²) < 4.78 is 0. The monoisotopic (exact) mass is 284 g/mol. The quantitative estimate of drug-likeness (QED) is 0.816. The second kappa shape index (κ2) is 6.95. The van der Waals surface area contributed by atoms with Crippen molar-refractivity contribution in [2.75, 3.05) is 20.1 Å². The van der Waals surface area contributed by atoms with Crippen LogP contribution in [0.4, 0.5) is 4.79 Å². The summed E-state index contributed by atoms with van der Waals surface area (Å²) in [6.07, 6.45) is 4.04. The van der Waals surface area contributed by atoms with Gasteiger partial charge in [-0.1, -0.05) is 26.7 Å². The molecule has 2 amide bonds. The van der Waals surface area contributed by atoms with Crippen molar-refractivity contribution >= 4 is 12.0 Å². The average molecular weight is 284 g/mol. The normalized spacial score (nSPS) is 23.7. The lowest BCUT2D eigenvalue weighted by atomic mass is 9.83. The standard InChI is InChI=1S/C15H28N2O3/c1-5-7-12(3)16(4)14(20)17-10-9-15(11-17,8-6-2)13(18)19/h12H,5-11H2,1-4H3,(H,18,19). The number of carboxylic acids is 1. The van der Waals surface area contributed by atoms with Crippen LogP contribution in [0.3, 0.4) is 0 Å². The molecule has 0 aromatic rings. The first-order valence-electron chi connectivity index (χ1n) is 7.63. The molecule has 1 rings (SSSR count). The highest BCUT2D eigenvalue weighted by Crippen LogP contribution is 2.36. The Morgan fingerprint density at radius 2 is 2.00 bits per heavy atom. The van der Waals surface area contributed by atoms with E-state index in [9.17, 15) is 14.7 Å². The maximum atomic E-state index is 12.4. The van der Waals surface area contributed by atoms with Gasteiger partial charge in [-0.2, -0.15) is 0 Å². The summed E-state index contributed by atoms with van der Waals surface area (Å²) >= 11 is 0. The van der Waals surface area contributed by atoms with Crippen molar-refractivity contribution in [1.29, 1.82) is 0 Å². The molecule has 5 nitrogen and oxygen atoms in total. The number of carboxylic acid groups (broad SMARTS) is 1. The molecule has 0 radical (unpaired) electrons. The number of carbonyl (C=O) groups is 2. The zero-order valence-corrected chi connectivity index (χ0v) is 13.2. The molecule has 0 bridgehead atoms. The van der Waals surface area contributed by atoms with Crippen molar-refractivity contribution in [2.24, 2.45) is 5.41 Å². The van der Waals surface area contributed by atoms with Gasteiger partial charge in [-0.3, -0.25) is 4.79 Å². The highest BCUT2D eigenvalue weighted by molar-refractivity contribution is 5.79. The van der Waals surface area contributed by atoms with Crippen LogP contribution in [0.25, 0.3) is 0 Å². The molecule has 0 aliphatic carbocycles. The van der Waals surface area contributed by atoms with E-state index >= 15 is 0 Å². The molecule has 0 aromatic heterocycles. The number of likely N-dealkylation sites (tertiary alicyclic amines) is 1. The molecule has 1 saturated heterocycles. The summed E-state index contributed by atoms with van der Waals surface area (Å²) in [5.74, 6) is -0.765. The van der Waals surface area contributed by atoms with E-state index in [1.165, 1.54) is 0 Å². The second-order valence-electron chi connectivity index (χ2n) is 6.04. The van der Waals surface area contributed by atoms with Crippen molar-refractivity contribution in [3.8, 4) is 0 Å². The van der Waals surface area contributed by atoms with E-state index in [2.05, 4.69) is 6.92 Å². The molecule has 1 aliphatic heterocycles. The summed E-state index contributed by atoms with van der Waals surface area (Å²) in [4.78, 5) is 27.4. The number of amides is 2. The summed E-state index contributed by atoms with van der Waals surface area (Å²) in [7, 11) is 1.81. The van der Waals surface area contributed by atoms with Gasteiger partial charge < -0.3 is 14.9 Å². The predicted molar refractivity (Wildman–Crippen MR) is 78.7 cm³/mol. The SMILES string of the molecule is CCCC(C)N(C)C(=O)N1CCC(CCC)(C(=O)O)C1. The summed E-state index contributed by atoms with van der Waals surface area (Å²) in [6, 6.07) is 0.156. The molecule has 1 aliphatic rings. The van der Waals surface area contributed by atoms with Crippen molar-refractivity contribution in [3.63, 3.8) is 0 Å². The highest BCUT2D eigenvalue weighted by atomic mass is 16.4. The van der Waals surface area contributed by atoms with Gasteiger partial charge in [0.15, 0.2) is 0 Å². The molecule has 116 valence electrons. The van der Waals surface area contributed by atoms with Crippen LogP contribution in [0.15, 0.2) is 0 Å². The molecule has 1 N–H and O–H groups in total. The highest BCUT2D eigenvalue weighted by Gasteiger charge is 2.46. The minimum atomic E-state index is -0.765. The predicted octanol–water partition coefficient (Wildman–Crippen LogP) is 2.80. The number of rotatable bonds is 6. The number of carbonyl (C=O) groups excluding carboxylic acids is 1. The summed E-state index contributed by atoms with van der Waals surface area (Å²) in [6.45, 7) is 7.02. The molecule has 1 fully saturated rings. The fraction of sp³-hybridized carbons (Fsp3) is 0.867. The van der Waals surface area contributed by atoms with Crippen LogP contribution in [0.5, 0.6) is 0 Å². The van der Waals surface area contributed by atoms with Gasteiger partial charge in [-0.15, -0.1) is 0 Å².